The fourth-order valence-electron chi connectivity index (χ4n) is 2.36. The summed E-state index contributed by atoms with van der Waals surface area (Å²) < 4.78 is 0. The van der Waals surface area contributed by atoms with Crippen LogP contribution in [-0.2, 0) is 0 Å². The van der Waals surface area contributed by atoms with Gasteiger partial charge < -0.3 is 5.11 Å². The molecule has 1 N–H and O–H groups in total. The second-order valence-corrected chi connectivity index (χ2v) is 6.27. The van der Waals surface area contributed by atoms with Crippen LogP contribution in [0.25, 0.3) is 0 Å². The van der Waals surface area contributed by atoms with E-state index in [1.807, 2.05) is 6.07 Å². The molecule has 1 aromatic rings. The lowest BCUT2D eigenvalue weighted by Gasteiger charge is -2.11. The van der Waals surface area contributed by atoms with Crippen molar-refractivity contribution in [2.45, 2.75) is 70.8 Å². The van der Waals surface area contributed by atoms with Crippen LogP contribution >= 0.6 is 23.2 Å². The SMILES string of the molecule is CCCCCCCCCCC(O)c1ccc(Cl)c(Cl)c1. The van der Waals surface area contributed by atoms with E-state index in [2.05, 4.69) is 6.92 Å². The molecule has 0 aromatic heterocycles. The highest BCUT2D eigenvalue weighted by Crippen LogP contribution is 2.27. The molecule has 0 aliphatic rings. The van der Waals surface area contributed by atoms with Crippen LogP contribution in [0.1, 0.15) is 76.4 Å². The summed E-state index contributed by atoms with van der Waals surface area (Å²) in [6.07, 6.45) is 10.6. The van der Waals surface area contributed by atoms with Crippen molar-refractivity contribution in [3.05, 3.63) is 33.8 Å². The van der Waals surface area contributed by atoms with Crippen LogP contribution in [0.15, 0.2) is 18.2 Å². The molecule has 1 aromatic carbocycles. The maximum Gasteiger partial charge on any atom is 0.0790 e. The summed E-state index contributed by atoms with van der Waals surface area (Å²) in [4.78, 5) is 0. The van der Waals surface area contributed by atoms with E-state index in [4.69, 9.17) is 23.2 Å². The number of hydrogen-bond acceptors (Lipinski definition) is 1. The second kappa shape index (κ2) is 10.5. The molecule has 1 nitrogen and oxygen atoms in total. The Morgan fingerprint density at radius 2 is 1.50 bits per heavy atom. The van der Waals surface area contributed by atoms with Gasteiger partial charge >= 0.3 is 0 Å². The summed E-state index contributed by atoms with van der Waals surface area (Å²) >= 11 is 11.8. The van der Waals surface area contributed by atoms with Crippen LogP contribution in [0, 0.1) is 0 Å². The highest BCUT2D eigenvalue weighted by molar-refractivity contribution is 6.42. The van der Waals surface area contributed by atoms with Crippen molar-refractivity contribution in [2.24, 2.45) is 0 Å². The van der Waals surface area contributed by atoms with E-state index in [-0.39, 0.29) is 0 Å². The Balaban J connectivity index is 2.13. The van der Waals surface area contributed by atoms with Crippen LogP contribution in [0.4, 0.5) is 0 Å². The summed E-state index contributed by atoms with van der Waals surface area (Å²) in [7, 11) is 0. The van der Waals surface area contributed by atoms with Crippen molar-refractivity contribution in [1.82, 2.24) is 0 Å². The van der Waals surface area contributed by atoms with Crippen molar-refractivity contribution in [3.63, 3.8) is 0 Å². The molecule has 0 bridgehead atoms. The average molecular weight is 317 g/mol. The molecule has 3 heteroatoms. The highest BCUT2D eigenvalue weighted by Gasteiger charge is 2.09. The van der Waals surface area contributed by atoms with E-state index < -0.39 is 6.10 Å². The number of hydrogen-bond donors (Lipinski definition) is 1. The zero-order valence-corrected chi connectivity index (χ0v) is 13.9. The summed E-state index contributed by atoms with van der Waals surface area (Å²) in [5, 5.41) is 11.2. The zero-order valence-electron chi connectivity index (χ0n) is 12.4. The molecule has 0 amide bonds. The van der Waals surface area contributed by atoms with Gasteiger partial charge in [0.25, 0.3) is 0 Å². The molecule has 114 valence electrons. The molecule has 0 aliphatic carbocycles. The van der Waals surface area contributed by atoms with Gasteiger partial charge in [-0.3, -0.25) is 0 Å². The summed E-state index contributed by atoms with van der Waals surface area (Å²) in [6, 6.07) is 5.36. The number of aliphatic hydroxyl groups excluding tert-OH is 1. The number of rotatable bonds is 10. The van der Waals surface area contributed by atoms with Gasteiger partial charge in [-0.1, -0.05) is 87.6 Å². The Morgan fingerprint density at radius 1 is 0.900 bits per heavy atom. The standard InChI is InChI=1S/C17H26Cl2O/c1-2-3-4-5-6-7-8-9-10-17(20)14-11-12-15(18)16(19)13-14/h11-13,17,20H,2-10H2,1H3. The largest absolute Gasteiger partial charge is 0.388 e. The van der Waals surface area contributed by atoms with Gasteiger partial charge in [0, 0.05) is 0 Å². The Morgan fingerprint density at radius 3 is 2.10 bits per heavy atom. The molecule has 0 aliphatic heterocycles. The number of halogens is 2. The van der Waals surface area contributed by atoms with E-state index in [0.29, 0.717) is 10.0 Å². The van der Waals surface area contributed by atoms with Gasteiger partial charge in [-0.2, -0.15) is 0 Å². The lowest BCUT2D eigenvalue weighted by molar-refractivity contribution is 0.163. The van der Waals surface area contributed by atoms with Crippen molar-refractivity contribution < 1.29 is 5.11 Å². The fraction of sp³-hybridized carbons (Fsp3) is 0.647. The van der Waals surface area contributed by atoms with Gasteiger partial charge in [0.2, 0.25) is 0 Å². The first-order valence-electron chi connectivity index (χ1n) is 7.78. The molecule has 0 saturated heterocycles. The van der Waals surface area contributed by atoms with Crippen LogP contribution < -0.4 is 0 Å². The maximum atomic E-state index is 10.1. The van der Waals surface area contributed by atoms with Crippen molar-refractivity contribution >= 4 is 23.2 Å². The lowest BCUT2D eigenvalue weighted by Crippen LogP contribution is -1.97. The quantitative estimate of drug-likeness (QED) is 0.485. The fourth-order valence-corrected chi connectivity index (χ4v) is 2.66. The molecular formula is C17H26Cl2O. The lowest BCUT2D eigenvalue weighted by atomic mass is 10.0. The topological polar surface area (TPSA) is 20.2 Å². The van der Waals surface area contributed by atoms with Gasteiger partial charge in [0.05, 0.1) is 16.1 Å². The van der Waals surface area contributed by atoms with E-state index in [0.717, 1.165) is 18.4 Å². The molecule has 0 spiro atoms. The summed E-state index contributed by atoms with van der Waals surface area (Å²) in [5.74, 6) is 0. The van der Waals surface area contributed by atoms with E-state index >= 15 is 0 Å². The van der Waals surface area contributed by atoms with E-state index in [1.54, 1.807) is 12.1 Å². The summed E-state index contributed by atoms with van der Waals surface area (Å²) in [6.45, 7) is 2.24. The number of benzene rings is 1. The second-order valence-electron chi connectivity index (χ2n) is 5.45. The average Bonchev–Trinajstić information content (AvgIpc) is 2.44. The summed E-state index contributed by atoms with van der Waals surface area (Å²) in [5.41, 5.74) is 0.863. The molecule has 1 rings (SSSR count). The molecule has 0 saturated carbocycles. The Hall–Kier alpha value is -0.240. The van der Waals surface area contributed by atoms with Gasteiger partial charge in [-0.25, -0.2) is 0 Å². The molecule has 0 fully saturated rings. The van der Waals surface area contributed by atoms with Crippen LogP contribution in [0.3, 0.4) is 0 Å². The molecule has 1 unspecified atom stereocenters. The minimum absolute atomic E-state index is 0.426. The van der Waals surface area contributed by atoms with Gasteiger partial charge in [0.1, 0.15) is 0 Å². The predicted molar refractivity (Wildman–Crippen MR) is 88.6 cm³/mol. The molecule has 0 heterocycles. The minimum Gasteiger partial charge on any atom is -0.388 e. The van der Waals surface area contributed by atoms with Gasteiger partial charge in [-0.05, 0) is 24.1 Å². The first-order valence-corrected chi connectivity index (χ1v) is 8.53. The van der Waals surface area contributed by atoms with Crippen LogP contribution in [-0.4, -0.2) is 5.11 Å². The predicted octanol–water partition coefficient (Wildman–Crippen LogP) is 6.56. The number of unbranched alkanes of at least 4 members (excludes halogenated alkanes) is 7. The molecule has 1 atom stereocenters. The van der Waals surface area contributed by atoms with Crippen LogP contribution in [0.2, 0.25) is 10.0 Å². The van der Waals surface area contributed by atoms with E-state index in [1.165, 1.54) is 44.9 Å². The maximum absolute atomic E-state index is 10.1. The molecule has 20 heavy (non-hydrogen) atoms. The third kappa shape index (κ3) is 6.97. The molecule has 0 radical (unpaired) electrons. The smallest absolute Gasteiger partial charge is 0.0790 e. The van der Waals surface area contributed by atoms with Crippen molar-refractivity contribution in [2.75, 3.05) is 0 Å². The number of aliphatic hydroxyl groups is 1. The molecular weight excluding hydrogens is 291 g/mol. The van der Waals surface area contributed by atoms with Gasteiger partial charge in [-0.15, -0.1) is 0 Å². The van der Waals surface area contributed by atoms with Gasteiger partial charge in [0.15, 0.2) is 0 Å². The minimum atomic E-state index is -0.426. The third-order valence-corrected chi connectivity index (χ3v) is 4.40. The Bertz CT molecular complexity index is 379. The zero-order chi connectivity index (χ0) is 14.8. The normalized spacial score (nSPS) is 12.6. The highest BCUT2D eigenvalue weighted by atomic mass is 35.5. The third-order valence-electron chi connectivity index (χ3n) is 3.66. The Kier molecular flexibility index (Phi) is 9.33. The monoisotopic (exact) mass is 316 g/mol. The van der Waals surface area contributed by atoms with Crippen LogP contribution in [0.5, 0.6) is 0 Å². The first kappa shape index (κ1) is 17.8. The van der Waals surface area contributed by atoms with Crippen molar-refractivity contribution in [1.29, 1.82) is 0 Å². The first-order chi connectivity index (χ1) is 9.65. The van der Waals surface area contributed by atoms with Crippen molar-refractivity contribution in [3.8, 4) is 0 Å². The Labute approximate surface area is 133 Å². The van der Waals surface area contributed by atoms with E-state index in [9.17, 15) is 5.11 Å².